The lowest BCUT2D eigenvalue weighted by Crippen LogP contribution is -2.47. The summed E-state index contributed by atoms with van der Waals surface area (Å²) in [6, 6.07) is 0. The number of thiophene rings is 1. The molecule has 1 aliphatic heterocycles. The Kier molecular flexibility index (Phi) is 4.44. The molecular weight excluding hydrogens is 286 g/mol. The van der Waals surface area contributed by atoms with Gasteiger partial charge in [-0.05, 0) is 10.9 Å². The monoisotopic (exact) mass is 301 g/mol. The quantitative estimate of drug-likeness (QED) is 0.911. The fourth-order valence-corrected chi connectivity index (χ4v) is 3.32. The first-order valence-electron chi connectivity index (χ1n) is 6.02. The largest absolute Gasteiger partial charge is 0.365 e. The van der Waals surface area contributed by atoms with E-state index < -0.39 is 5.91 Å². The third-order valence-corrected chi connectivity index (χ3v) is 4.82. The number of carbonyl (C=O) groups excluding carboxylic acids is 2. The molecule has 1 saturated heterocycles. The molecule has 2 heterocycles. The van der Waals surface area contributed by atoms with Gasteiger partial charge in [0.1, 0.15) is 4.88 Å². The van der Waals surface area contributed by atoms with Gasteiger partial charge in [0.15, 0.2) is 0 Å². The lowest BCUT2D eigenvalue weighted by Gasteiger charge is -2.34. The van der Waals surface area contributed by atoms with Crippen LogP contribution in [0.5, 0.6) is 0 Å². The Labute approximate surface area is 120 Å². The van der Waals surface area contributed by atoms with Crippen LogP contribution < -0.4 is 5.73 Å². The highest BCUT2D eigenvalue weighted by Gasteiger charge is 2.21. The van der Waals surface area contributed by atoms with Crippen molar-refractivity contribution in [1.82, 2.24) is 9.80 Å². The second-order valence-electron chi connectivity index (χ2n) is 4.55. The van der Waals surface area contributed by atoms with E-state index in [4.69, 9.17) is 17.3 Å². The first-order chi connectivity index (χ1) is 8.99. The Morgan fingerprint density at radius 3 is 2.47 bits per heavy atom. The maximum atomic E-state index is 11.2. The van der Waals surface area contributed by atoms with Gasteiger partial charge in [-0.15, -0.1) is 11.3 Å². The summed E-state index contributed by atoms with van der Waals surface area (Å²) in [7, 11) is 0. The molecule has 0 aliphatic carbocycles. The van der Waals surface area contributed by atoms with E-state index in [0.29, 0.717) is 16.4 Å². The molecule has 2 amide bonds. The molecule has 1 aromatic heterocycles. The number of amides is 2. The van der Waals surface area contributed by atoms with Crippen molar-refractivity contribution in [2.45, 2.75) is 13.5 Å². The minimum Gasteiger partial charge on any atom is -0.365 e. The smallest absolute Gasteiger partial charge is 0.260 e. The molecule has 0 saturated carbocycles. The van der Waals surface area contributed by atoms with Gasteiger partial charge in [0.2, 0.25) is 5.91 Å². The van der Waals surface area contributed by atoms with E-state index in [9.17, 15) is 9.59 Å². The molecule has 0 atom stereocenters. The van der Waals surface area contributed by atoms with Gasteiger partial charge in [0.05, 0.1) is 5.02 Å². The van der Waals surface area contributed by atoms with E-state index in [1.807, 2.05) is 10.3 Å². The summed E-state index contributed by atoms with van der Waals surface area (Å²) in [5, 5.41) is 2.34. The van der Waals surface area contributed by atoms with Crippen LogP contribution in [-0.4, -0.2) is 47.8 Å². The Morgan fingerprint density at radius 2 is 2.00 bits per heavy atom. The summed E-state index contributed by atoms with van der Waals surface area (Å²) >= 11 is 7.42. The minimum atomic E-state index is -0.484. The number of primary amides is 1. The normalized spacial score (nSPS) is 16.6. The van der Waals surface area contributed by atoms with Gasteiger partial charge in [0, 0.05) is 39.6 Å². The predicted molar refractivity (Wildman–Crippen MR) is 75.4 cm³/mol. The number of halogens is 1. The highest BCUT2D eigenvalue weighted by Crippen LogP contribution is 2.28. The number of rotatable bonds is 3. The molecule has 5 nitrogen and oxygen atoms in total. The van der Waals surface area contributed by atoms with Crippen LogP contribution in [0.25, 0.3) is 0 Å². The zero-order valence-corrected chi connectivity index (χ0v) is 12.3. The maximum Gasteiger partial charge on any atom is 0.260 e. The highest BCUT2D eigenvalue weighted by molar-refractivity contribution is 7.13. The third kappa shape index (κ3) is 3.26. The molecule has 7 heteroatoms. The highest BCUT2D eigenvalue weighted by atomic mass is 35.5. The standard InChI is InChI=1S/C12H16ClN3O2S/c1-8(17)16-4-2-15(3-5-16)6-9-7-19-11(10(9)13)12(14)18/h7H,2-6H2,1H3,(H2,14,18). The number of piperazine rings is 1. The molecular formula is C12H16ClN3O2S. The van der Waals surface area contributed by atoms with E-state index >= 15 is 0 Å². The number of hydrogen-bond donors (Lipinski definition) is 1. The van der Waals surface area contributed by atoms with Gasteiger partial charge in [-0.2, -0.15) is 0 Å². The van der Waals surface area contributed by atoms with Crippen molar-refractivity contribution in [3.8, 4) is 0 Å². The average molecular weight is 302 g/mol. The Hall–Kier alpha value is -1.11. The summed E-state index contributed by atoms with van der Waals surface area (Å²) in [5.74, 6) is -0.369. The van der Waals surface area contributed by atoms with E-state index in [1.165, 1.54) is 11.3 Å². The Morgan fingerprint density at radius 1 is 1.37 bits per heavy atom. The summed E-state index contributed by atoms with van der Waals surface area (Å²) in [6.07, 6.45) is 0. The second-order valence-corrected chi connectivity index (χ2v) is 5.81. The van der Waals surface area contributed by atoms with Crippen LogP contribution in [0.1, 0.15) is 22.2 Å². The zero-order chi connectivity index (χ0) is 14.0. The fraction of sp³-hybridized carbons (Fsp3) is 0.500. The lowest BCUT2D eigenvalue weighted by atomic mass is 10.2. The molecule has 1 fully saturated rings. The van der Waals surface area contributed by atoms with Crippen molar-refractivity contribution < 1.29 is 9.59 Å². The predicted octanol–water partition coefficient (Wildman–Crippen LogP) is 1.16. The number of nitrogens with zero attached hydrogens (tertiary/aromatic N) is 2. The van der Waals surface area contributed by atoms with Crippen LogP contribution in [0, 0.1) is 0 Å². The number of carbonyl (C=O) groups is 2. The zero-order valence-electron chi connectivity index (χ0n) is 10.7. The average Bonchev–Trinajstić information content (AvgIpc) is 2.72. The molecule has 0 bridgehead atoms. The van der Waals surface area contributed by atoms with Crippen molar-refractivity contribution in [1.29, 1.82) is 0 Å². The molecule has 0 unspecified atom stereocenters. The van der Waals surface area contributed by atoms with Gasteiger partial charge in [0.25, 0.3) is 5.91 Å². The van der Waals surface area contributed by atoms with Crippen LogP contribution in [0.15, 0.2) is 5.38 Å². The fourth-order valence-electron chi connectivity index (χ4n) is 2.11. The van der Waals surface area contributed by atoms with E-state index in [2.05, 4.69) is 4.90 Å². The van der Waals surface area contributed by atoms with Crippen molar-refractivity contribution in [2.24, 2.45) is 5.73 Å². The summed E-state index contributed by atoms with van der Waals surface area (Å²) in [4.78, 5) is 26.8. The molecule has 0 radical (unpaired) electrons. The summed E-state index contributed by atoms with van der Waals surface area (Å²) in [5.41, 5.74) is 6.17. The third-order valence-electron chi connectivity index (χ3n) is 3.24. The minimum absolute atomic E-state index is 0.115. The second kappa shape index (κ2) is 5.90. The first kappa shape index (κ1) is 14.3. The molecule has 19 heavy (non-hydrogen) atoms. The van der Waals surface area contributed by atoms with Crippen molar-refractivity contribution >= 4 is 34.8 Å². The van der Waals surface area contributed by atoms with E-state index in [0.717, 1.165) is 31.7 Å². The molecule has 1 aromatic rings. The van der Waals surface area contributed by atoms with Crippen LogP contribution in [-0.2, 0) is 11.3 Å². The molecule has 2 rings (SSSR count). The van der Waals surface area contributed by atoms with Gasteiger partial charge < -0.3 is 10.6 Å². The van der Waals surface area contributed by atoms with Crippen LogP contribution in [0.2, 0.25) is 5.02 Å². The molecule has 2 N–H and O–H groups in total. The van der Waals surface area contributed by atoms with Gasteiger partial charge in [-0.3, -0.25) is 14.5 Å². The lowest BCUT2D eigenvalue weighted by molar-refractivity contribution is -0.130. The first-order valence-corrected chi connectivity index (χ1v) is 7.28. The molecule has 0 spiro atoms. The number of nitrogens with two attached hydrogens (primary N) is 1. The Bertz CT molecular complexity index is 495. The number of hydrogen-bond acceptors (Lipinski definition) is 4. The molecule has 104 valence electrons. The van der Waals surface area contributed by atoms with Crippen LogP contribution in [0.4, 0.5) is 0 Å². The van der Waals surface area contributed by atoms with E-state index in [1.54, 1.807) is 6.92 Å². The topological polar surface area (TPSA) is 66.6 Å². The van der Waals surface area contributed by atoms with Crippen molar-refractivity contribution in [3.05, 3.63) is 20.8 Å². The summed E-state index contributed by atoms with van der Waals surface area (Å²) < 4.78 is 0. The van der Waals surface area contributed by atoms with Gasteiger partial charge >= 0.3 is 0 Å². The summed E-state index contributed by atoms with van der Waals surface area (Å²) in [6.45, 7) is 5.38. The van der Waals surface area contributed by atoms with E-state index in [-0.39, 0.29) is 5.91 Å². The molecule has 0 aromatic carbocycles. The molecule has 1 aliphatic rings. The maximum absolute atomic E-state index is 11.2. The van der Waals surface area contributed by atoms with Crippen molar-refractivity contribution in [3.63, 3.8) is 0 Å². The van der Waals surface area contributed by atoms with Crippen LogP contribution in [0.3, 0.4) is 0 Å². The SMILES string of the molecule is CC(=O)N1CCN(Cc2csc(C(N)=O)c2Cl)CC1. The van der Waals surface area contributed by atoms with Crippen molar-refractivity contribution in [2.75, 3.05) is 26.2 Å². The van der Waals surface area contributed by atoms with Gasteiger partial charge in [-0.25, -0.2) is 0 Å². The Balaban J connectivity index is 1.96. The van der Waals surface area contributed by atoms with Crippen LogP contribution >= 0.6 is 22.9 Å². The van der Waals surface area contributed by atoms with Gasteiger partial charge in [-0.1, -0.05) is 11.6 Å².